The first-order chi connectivity index (χ1) is 13.7. The summed E-state index contributed by atoms with van der Waals surface area (Å²) < 4.78 is 7.57. The number of nitrogens with zero attached hydrogens (tertiary/aromatic N) is 3. The monoisotopic (exact) mass is 378 g/mol. The van der Waals surface area contributed by atoms with Crippen LogP contribution in [-0.4, -0.2) is 33.7 Å². The minimum Gasteiger partial charge on any atom is -0.455 e. The fraction of sp³-hybridized carbons (Fsp3) is 0.364. The lowest BCUT2D eigenvalue weighted by atomic mass is 10.1. The highest BCUT2D eigenvalue weighted by Gasteiger charge is 2.16. The van der Waals surface area contributed by atoms with E-state index in [0.717, 1.165) is 25.4 Å². The van der Waals surface area contributed by atoms with Crippen molar-refractivity contribution < 1.29 is 9.21 Å². The van der Waals surface area contributed by atoms with Crippen molar-refractivity contribution in [3.05, 3.63) is 71.3 Å². The summed E-state index contributed by atoms with van der Waals surface area (Å²) >= 11 is 0. The third-order valence-electron chi connectivity index (χ3n) is 5.19. The van der Waals surface area contributed by atoms with Crippen LogP contribution < -0.4 is 5.32 Å². The molecule has 6 nitrogen and oxygen atoms in total. The number of benzene rings is 1. The predicted molar refractivity (Wildman–Crippen MR) is 108 cm³/mol. The van der Waals surface area contributed by atoms with E-state index in [-0.39, 0.29) is 5.91 Å². The Morgan fingerprint density at radius 2 is 1.89 bits per heavy atom. The zero-order chi connectivity index (χ0) is 19.3. The molecule has 1 aliphatic rings. The van der Waals surface area contributed by atoms with E-state index in [0.29, 0.717) is 18.1 Å². The van der Waals surface area contributed by atoms with E-state index >= 15 is 0 Å². The van der Waals surface area contributed by atoms with E-state index in [4.69, 9.17) is 4.42 Å². The van der Waals surface area contributed by atoms with Crippen LogP contribution in [0.2, 0.25) is 0 Å². The molecule has 28 heavy (non-hydrogen) atoms. The van der Waals surface area contributed by atoms with Gasteiger partial charge in [-0.15, -0.1) is 0 Å². The van der Waals surface area contributed by atoms with Gasteiger partial charge in [-0.3, -0.25) is 14.4 Å². The van der Waals surface area contributed by atoms with Crippen molar-refractivity contribution in [1.29, 1.82) is 0 Å². The minimum atomic E-state index is -0.272. The summed E-state index contributed by atoms with van der Waals surface area (Å²) in [6.45, 7) is 5.71. The lowest BCUT2D eigenvalue weighted by Crippen LogP contribution is -2.28. The van der Waals surface area contributed by atoms with Gasteiger partial charge >= 0.3 is 0 Å². The highest BCUT2D eigenvalue weighted by Crippen LogP contribution is 2.16. The molecule has 146 valence electrons. The Labute approximate surface area is 165 Å². The highest BCUT2D eigenvalue weighted by atomic mass is 16.4. The van der Waals surface area contributed by atoms with Gasteiger partial charge in [-0.1, -0.05) is 30.7 Å². The largest absolute Gasteiger partial charge is 0.455 e. The van der Waals surface area contributed by atoms with Crippen LogP contribution in [0.4, 0.5) is 5.82 Å². The Balaban J connectivity index is 1.35. The molecule has 0 unspecified atom stereocenters. The Hall–Kier alpha value is -2.86. The molecule has 1 aliphatic heterocycles. The number of rotatable bonds is 6. The summed E-state index contributed by atoms with van der Waals surface area (Å²) in [4.78, 5) is 14.8. The van der Waals surface area contributed by atoms with Crippen LogP contribution in [0.3, 0.4) is 0 Å². The number of aromatic nitrogens is 2. The van der Waals surface area contributed by atoms with Crippen LogP contribution in [0, 0.1) is 6.92 Å². The maximum absolute atomic E-state index is 12.5. The average molecular weight is 378 g/mol. The van der Waals surface area contributed by atoms with E-state index in [9.17, 15) is 4.79 Å². The van der Waals surface area contributed by atoms with Gasteiger partial charge in [0.15, 0.2) is 11.6 Å². The number of carbonyl (C=O) groups is 1. The molecular weight excluding hydrogens is 352 g/mol. The molecule has 2 aromatic heterocycles. The maximum atomic E-state index is 12.5. The second-order valence-corrected chi connectivity index (χ2v) is 7.38. The van der Waals surface area contributed by atoms with E-state index in [1.165, 1.54) is 30.4 Å². The molecule has 0 spiro atoms. The molecule has 4 rings (SSSR count). The number of carbonyl (C=O) groups excluding carboxylic acids is 1. The summed E-state index contributed by atoms with van der Waals surface area (Å²) in [7, 11) is 0. The molecule has 1 N–H and O–H groups in total. The summed E-state index contributed by atoms with van der Waals surface area (Å²) in [5.74, 6) is 1.40. The first-order valence-electron chi connectivity index (χ1n) is 9.88. The van der Waals surface area contributed by atoms with Gasteiger partial charge in [0.2, 0.25) is 0 Å². The van der Waals surface area contributed by atoms with Gasteiger partial charge in [0.05, 0.1) is 13.1 Å². The Morgan fingerprint density at radius 1 is 1.07 bits per heavy atom. The van der Waals surface area contributed by atoms with Crippen LogP contribution in [0.15, 0.2) is 53.1 Å². The van der Waals surface area contributed by atoms with Crippen LogP contribution in [0.5, 0.6) is 0 Å². The quantitative estimate of drug-likeness (QED) is 0.702. The van der Waals surface area contributed by atoms with Crippen molar-refractivity contribution in [2.75, 3.05) is 18.4 Å². The first kappa shape index (κ1) is 18.5. The number of hydrogen-bond acceptors (Lipinski definition) is 4. The molecule has 3 aromatic rings. The summed E-state index contributed by atoms with van der Waals surface area (Å²) in [5.41, 5.74) is 2.43. The number of aryl methyl sites for hydroxylation is 1. The third kappa shape index (κ3) is 4.51. The number of amides is 1. The SMILES string of the molecule is Cc1ccccc1Cn1ccc(NC(=O)c2ccc(CN3CCCCC3)o2)n1. The van der Waals surface area contributed by atoms with Crippen LogP contribution in [-0.2, 0) is 13.1 Å². The lowest BCUT2D eigenvalue weighted by molar-refractivity contribution is 0.0991. The number of piperidine rings is 1. The normalized spacial score (nSPS) is 14.9. The van der Waals surface area contributed by atoms with Crippen LogP contribution in [0.25, 0.3) is 0 Å². The van der Waals surface area contributed by atoms with Crippen LogP contribution in [0.1, 0.15) is 46.7 Å². The van der Waals surface area contributed by atoms with Crippen molar-refractivity contribution in [1.82, 2.24) is 14.7 Å². The maximum Gasteiger partial charge on any atom is 0.292 e. The summed E-state index contributed by atoms with van der Waals surface area (Å²) in [6.07, 6.45) is 5.64. The number of likely N-dealkylation sites (tertiary alicyclic amines) is 1. The molecule has 6 heteroatoms. The Morgan fingerprint density at radius 3 is 2.71 bits per heavy atom. The fourth-order valence-corrected chi connectivity index (χ4v) is 3.58. The molecule has 1 fully saturated rings. The molecule has 1 aromatic carbocycles. The van der Waals surface area contributed by atoms with Crippen LogP contribution >= 0.6 is 0 Å². The topological polar surface area (TPSA) is 63.3 Å². The minimum absolute atomic E-state index is 0.272. The number of nitrogens with one attached hydrogen (secondary N) is 1. The van der Waals surface area contributed by atoms with E-state index in [1.54, 1.807) is 12.1 Å². The fourth-order valence-electron chi connectivity index (χ4n) is 3.58. The number of hydrogen-bond donors (Lipinski definition) is 1. The van der Waals surface area contributed by atoms with Crippen molar-refractivity contribution in [2.45, 2.75) is 39.3 Å². The summed E-state index contributed by atoms with van der Waals surface area (Å²) in [5, 5.41) is 7.27. The molecule has 0 aliphatic carbocycles. The predicted octanol–water partition coefficient (Wildman–Crippen LogP) is 4.07. The van der Waals surface area contributed by atoms with Crippen molar-refractivity contribution in [2.24, 2.45) is 0 Å². The molecule has 3 heterocycles. The van der Waals surface area contributed by atoms with Gasteiger partial charge in [-0.05, 0) is 56.1 Å². The molecule has 0 atom stereocenters. The van der Waals surface area contributed by atoms with E-state index < -0.39 is 0 Å². The zero-order valence-corrected chi connectivity index (χ0v) is 16.2. The van der Waals surface area contributed by atoms with Crippen molar-refractivity contribution >= 4 is 11.7 Å². The molecule has 0 saturated carbocycles. The van der Waals surface area contributed by atoms with Crippen molar-refractivity contribution in [3.8, 4) is 0 Å². The Kier molecular flexibility index (Phi) is 5.58. The van der Waals surface area contributed by atoms with Gasteiger partial charge < -0.3 is 9.73 Å². The Bertz CT molecular complexity index is 937. The molecule has 0 bridgehead atoms. The van der Waals surface area contributed by atoms with Gasteiger partial charge in [0, 0.05) is 12.3 Å². The van der Waals surface area contributed by atoms with Gasteiger partial charge in [-0.25, -0.2) is 0 Å². The van der Waals surface area contributed by atoms with Gasteiger partial charge in [0.1, 0.15) is 5.76 Å². The standard InChI is InChI=1S/C22H26N4O2/c1-17-7-3-4-8-18(17)15-26-14-11-21(24-26)23-22(27)20-10-9-19(28-20)16-25-12-5-2-6-13-25/h3-4,7-11,14H,2,5-6,12-13,15-16H2,1H3,(H,23,24,27). The molecule has 1 saturated heterocycles. The number of furan rings is 1. The number of anilines is 1. The van der Waals surface area contributed by atoms with E-state index in [1.807, 2.05) is 29.1 Å². The smallest absolute Gasteiger partial charge is 0.292 e. The second-order valence-electron chi connectivity index (χ2n) is 7.38. The summed E-state index contributed by atoms with van der Waals surface area (Å²) in [6, 6.07) is 13.6. The lowest BCUT2D eigenvalue weighted by Gasteiger charge is -2.25. The molecule has 0 radical (unpaired) electrons. The second kappa shape index (κ2) is 8.44. The molecule has 1 amide bonds. The van der Waals surface area contributed by atoms with Gasteiger partial charge in [0.25, 0.3) is 5.91 Å². The van der Waals surface area contributed by atoms with E-state index in [2.05, 4.69) is 34.4 Å². The highest BCUT2D eigenvalue weighted by molar-refractivity contribution is 6.01. The zero-order valence-electron chi connectivity index (χ0n) is 16.2. The molecular formula is C22H26N4O2. The average Bonchev–Trinajstić information content (AvgIpc) is 3.34. The van der Waals surface area contributed by atoms with Gasteiger partial charge in [-0.2, -0.15) is 5.10 Å². The third-order valence-corrected chi connectivity index (χ3v) is 5.19. The van der Waals surface area contributed by atoms with Crippen molar-refractivity contribution in [3.63, 3.8) is 0 Å². The first-order valence-corrected chi connectivity index (χ1v) is 9.88.